The highest BCUT2D eigenvalue weighted by atomic mass is 16.5. The Balaban J connectivity index is 2.56. The van der Waals surface area contributed by atoms with Crippen molar-refractivity contribution in [3.63, 3.8) is 0 Å². The van der Waals surface area contributed by atoms with Crippen LogP contribution in [-0.4, -0.2) is 25.2 Å². The van der Waals surface area contributed by atoms with Gasteiger partial charge < -0.3 is 14.5 Å². The van der Waals surface area contributed by atoms with E-state index < -0.39 is 11.9 Å². The van der Waals surface area contributed by atoms with E-state index in [1.165, 1.54) is 7.11 Å². The second kappa shape index (κ2) is 5.14. The molecule has 1 unspecified atom stereocenters. The molecule has 19 heavy (non-hydrogen) atoms. The zero-order valence-corrected chi connectivity index (χ0v) is 11.0. The van der Waals surface area contributed by atoms with E-state index in [1.807, 2.05) is 6.07 Å². The summed E-state index contributed by atoms with van der Waals surface area (Å²) in [7, 11) is 2.87. The number of carbonyl (C=O) groups excluding carboxylic acids is 1. The molecular formula is C14H15NO4. The third-order valence-electron chi connectivity index (χ3n) is 3.10. The second-order valence-corrected chi connectivity index (χ2v) is 4.25. The van der Waals surface area contributed by atoms with Crippen molar-refractivity contribution in [1.82, 2.24) is 4.98 Å². The lowest BCUT2D eigenvalue weighted by Gasteiger charge is -2.10. The highest BCUT2D eigenvalue weighted by molar-refractivity contribution is 5.83. The number of esters is 1. The molecule has 5 nitrogen and oxygen atoms in total. The molecule has 0 saturated heterocycles. The van der Waals surface area contributed by atoms with E-state index in [9.17, 15) is 9.59 Å². The number of H-pyrrole nitrogens is 1. The summed E-state index contributed by atoms with van der Waals surface area (Å²) in [5.41, 5.74) is 0.772. The van der Waals surface area contributed by atoms with E-state index in [2.05, 4.69) is 9.72 Å². The Morgan fingerprint density at radius 3 is 2.63 bits per heavy atom. The van der Waals surface area contributed by atoms with Crippen LogP contribution in [0.2, 0.25) is 0 Å². The summed E-state index contributed by atoms with van der Waals surface area (Å²) >= 11 is 0. The van der Waals surface area contributed by atoms with Crippen molar-refractivity contribution in [2.24, 2.45) is 0 Å². The van der Waals surface area contributed by atoms with Crippen LogP contribution in [0.5, 0.6) is 5.75 Å². The first-order chi connectivity index (χ1) is 9.06. The largest absolute Gasteiger partial charge is 0.497 e. The van der Waals surface area contributed by atoms with E-state index in [0.29, 0.717) is 16.8 Å². The van der Waals surface area contributed by atoms with Gasteiger partial charge >= 0.3 is 5.97 Å². The molecule has 100 valence electrons. The van der Waals surface area contributed by atoms with Gasteiger partial charge in [0.15, 0.2) is 0 Å². The van der Waals surface area contributed by atoms with Gasteiger partial charge in [0.2, 0.25) is 0 Å². The maximum absolute atomic E-state index is 12.0. The summed E-state index contributed by atoms with van der Waals surface area (Å²) < 4.78 is 9.76. The predicted octanol–water partition coefficient (Wildman–Crippen LogP) is 1.81. The van der Waals surface area contributed by atoms with Crippen LogP contribution in [0.3, 0.4) is 0 Å². The summed E-state index contributed by atoms with van der Waals surface area (Å²) in [5, 5.41) is 0.839. The van der Waals surface area contributed by atoms with E-state index in [0.717, 1.165) is 5.39 Å². The predicted molar refractivity (Wildman–Crippen MR) is 71.6 cm³/mol. The van der Waals surface area contributed by atoms with E-state index in [4.69, 9.17) is 4.74 Å². The zero-order valence-electron chi connectivity index (χ0n) is 11.0. The number of pyridine rings is 1. The molecular weight excluding hydrogens is 246 g/mol. The third-order valence-corrected chi connectivity index (χ3v) is 3.10. The fourth-order valence-corrected chi connectivity index (χ4v) is 1.95. The number of aromatic nitrogens is 1. The maximum Gasteiger partial charge on any atom is 0.313 e. The Morgan fingerprint density at radius 2 is 2.00 bits per heavy atom. The van der Waals surface area contributed by atoms with Gasteiger partial charge in [-0.25, -0.2) is 0 Å². The van der Waals surface area contributed by atoms with Crippen molar-refractivity contribution in [3.05, 3.63) is 40.2 Å². The summed E-state index contributed by atoms with van der Waals surface area (Å²) in [6.07, 6.45) is 0. The summed E-state index contributed by atoms with van der Waals surface area (Å²) in [5.74, 6) is -0.365. The van der Waals surface area contributed by atoms with Crippen LogP contribution in [0.1, 0.15) is 18.4 Å². The highest BCUT2D eigenvalue weighted by Crippen LogP contribution is 2.21. The molecule has 0 spiro atoms. The van der Waals surface area contributed by atoms with Gasteiger partial charge in [0.05, 0.1) is 25.7 Å². The molecule has 0 fully saturated rings. The fourth-order valence-electron chi connectivity index (χ4n) is 1.95. The lowest BCUT2D eigenvalue weighted by Crippen LogP contribution is -2.20. The smallest absolute Gasteiger partial charge is 0.313 e. The molecule has 2 rings (SSSR count). The van der Waals surface area contributed by atoms with Gasteiger partial charge in [-0.1, -0.05) is 0 Å². The van der Waals surface area contributed by atoms with Crippen molar-refractivity contribution in [2.45, 2.75) is 12.8 Å². The molecule has 5 heteroatoms. The molecule has 2 aromatic rings. The Hall–Kier alpha value is -2.30. The van der Waals surface area contributed by atoms with Crippen LogP contribution in [-0.2, 0) is 9.53 Å². The molecule has 1 atom stereocenters. The molecule has 1 aromatic heterocycles. The van der Waals surface area contributed by atoms with Gasteiger partial charge in [0.1, 0.15) is 5.75 Å². The molecule has 1 N–H and O–H groups in total. The average molecular weight is 261 g/mol. The minimum Gasteiger partial charge on any atom is -0.497 e. The SMILES string of the molecule is COC(=O)C(C)c1cc2ccc(OC)cc2[nH]c1=O. The Labute approximate surface area is 110 Å². The van der Waals surface area contributed by atoms with Crippen molar-refractivity contribution in [2.75, 3.05) is 14.2 Å². The highest BCUT2D eigenvalue weighted by Gasteiger charge is 2.19. The first-order valence-electron chi connectivity index (χ1n) is 5.85. The van der Waals surface area contributed by atoms with E-state index in [-0.39, 0.29) is 5.56 Å². The van der Waals surface area contributed by atoms with Gasteiger partial charge in [0.25, 0.3) is 5.56 Å². The minimum absolute atomic E-state index is 0.293. The van der Waals surface area contributed by atoms with Crippen LogP contribution in [0.4, 0.5) is 0 Å². The topological polar surface area (TPSA) is 68.4 Å². The van der Waals surface area contributed by atoms with Crippen LogP contribution in [0.25, 0.3) is 10.9 Å². The van der Waals surface area contributed by atoms with Gasteiger partial charge in [-0.15, -0.1) is 0 Å². The number of hydrogen-bond donors (Lipinski definition) is 1. The first-order valence-corrected chi connectivity index (χ1v) is 5.85. The lowest BCUT2D eigenvalue weighted by atomic mass is 10.0. The number of ether oxygens (including phenoxy) is 2. The number of rotatable bonds is 3. The van der Waals surface area contributed by atoms with E-state index in [1.54, 1.807) is 32.2 Å². The summed E-state index contributed by atoms with van der Waals surface area (Å²) in [4.78, 5) is 26.2. The van der Waals surface area contributed by atoms with Crippen LogP contribution >= 0.6 is 0 Å². The second-order valence-electron chi connectivity index (χ2n) is 4.25. The monoisotopic (exact) mass is 261 g/mol. The van der Waals surface area contributed by atoms with Gasteiger partial charge in [-0.3, -0.25) is 9.59 Å². The van der Waals surface area contributed by atoms with Crippen LogP contribution < -0.4 is 10.3 Å². The Bertz CT molecular complexity index is 675. The number of carbonyl (C=O) groups is 1. The number of aromatic amines is 1. The molecule has 0 aliphatic heterocycles. The molecule has 1 aromatic carbocycles. The quantitative estimate of drug-likeness (QED) is 0.856. The van der Waals surface area contributed by atoms with Crippen molar-refractivity contribution in [1.29, 1.82) is 0 Å². The molecule has 0 saturated carbocycles. The average Bonchev–Trinajstić information content (AvgIpc) is 2.44. The fraction of sp³-hybridized carbons (Fsp3) is 0.286. The normalized spacial score (nSPS) is 12.2. The molecule has 0 aliphatic rings. The number of methoxy groups -OCH3 is 2. The minimum atomic E-state index is -0.597. The van der Waals surface area contributed by atoms with Crippen LogP contribution in [0.15, 0.2) is 29.1 Å². The van der Waals surface area contributed by atoms with E-state index >= 15 is 0 Å². The standard InChI is InChI=1S/C14H15NO4/c1-8(14(17)19-3)11-6-9-4-5-10(18-2)7-12(9)15-13(11)16/h4-8H,1-3H3,(H,15,16). The Morgan fingerprint density at radius 1 is 1.26 bits per heavy atom. The lowest BCUT2D eigenvalue weighted by molar-refractivity contribution is -0.142. The van der Waals surface area contributed by atoms with Gasteiger partial charge in [-0.2, -0.15) is 0 Å². The van der Waals surface area contributed by atoms with Crippen molar-refractivity contribution < 1.29 is 14.3 Å². The molecule has 0 radical (unpaired) electrons. The maximum atomic E-state index is 12.0. The van der Waals surface area contributed by atoms with Crippen LogP contribution in [0, 0.1) is 0 Å². The third kappa shape index (κ3) is 2.45. The number of benzene rings is 1. The molecule has 0 amide bonds. The molecule has 0 bridgehead atoms. The van der Waals surface area contributed by atoms with Gasteiger partial charge in [0, 0.05) is 11.6 Å². The summed E-state index contributed by atoms with van der Waals surface area (Å²) in [6.45, 7) is 1.64. The number of hydrogen-bond acceptors (Lipinski definition) is 4. The molecule has 1 heterocycles. The van der Waals surface area contributed by atoms with Crippen molar-refractivity contribution >= 4 is 16.9 Å². The molecule has 0 aliphatic carbocycles. The summed E-state index contributed by atoms with van der Waals surface area (Å²) in [6, 6.07) is 7.07. The van der Waals surface area contributed by atoms with Crippen molar-refractivity contribution in [3.8, 4) is 5.75 Å². The first kappa shape index (κ1) is 13.1. The number of nitrogens with one attached hydrogen (secondary N) is 1. The number of fused-ring (bicyclic) bond motifs is 1. The Kier molecular flexibility index (Phi) is 3.55. The zero-order chi connectivity index (χ0) is 14.0. The van der Waals surface area contributed by atoms with Gasteiger partial charge in [-0.05, 0) is 30.5 Å².